The van der Waals surface area contributed by atoms with E-state index in [0.717, 1.165) is 10.0 Å². The first kappa shape index (κ1) is 12.6. The minimum Gasteiger partial charge on any atom is -0.478 e. The average molecular weight is 303 g/mol. The largest absolute Gasteiger partial charge is 0.478 e. The zero-order chi connectivity index (χ0) is 13.0. The van der Waals surface area contributed by atoms with Crippen molar-refractivity contribution in [3.63, 3.8) is 0 Å². The SMILES string of the molecule is O=C(O)C(=Cc1ccccc1)c1ccccc1Br. The number of halogens is 1. The van der Waals surface area contributed by atoms with Gasteiger partial charge in [-0.25, -0.2) is 4.79 Å². The van der Waals surface area contributed by atoms with Crippen LogP contribution < -0.4 is 0 Å². The third-order valence-electron chi connectivity index (χ3n) is 2.51. The van der Waals surface area contributed by atoms with E-state index in [-0.39, 0.29) is 5.57 Å². The summed E-state index contributed by atoms with van der Waals surface area (Å²) in [5.74, 6) is -0.939. The fraction of sp³-hybridized carbons (Fsp3) is 0. The van der Waals surface area contributed by atoms with Crippen LogP contribution in [0.25, 0.3) is 11.6 Å². The van der Waals surface area contributed by atoms with Crippen LogP contribution in [0.4, 0.5) is 0 Å². The predicted octanol–water partition coefficient (Wildman–Crippen LogP) is 4.07. The van der Waals surface area contributed by atoms with Gasteiger partial charge < -0.3 is 5.11 Å². The molecule has 0 saturated heterocycles. The van der Waals surface area contributed by atoms with E-state index in [1.54, 1.807) is 12.1 Å². The molecular weight excluding hydrogens is 292 g/mol. The third kappa shape index (κ3) is 2.87. The summed E-state index contributed by atoms with van der Waals surface area (Å²) in [7, 11) is 0. The summed E-state index contributed by atoms with van der Waals surface area (Å²) < 4.78 is 0.773. The van der Waals surface area contributed by atoms with Crippen molar-refractivity contribution in [1.82, 2.24) is 0 Å². The lowest BCUT2D eigenvalue weighted by molar-refractivity contribution is -0.130. The Labute approximate surface area is 114 Å². The third-order valence-corrected chi connectivity index (χ3v) is 3.20. The van der Waals surface area contributed by atoms with Crippen molar-refractivity contribution < 1.29 is 9.90 Å². The van der Waals surface area contributed by atoms with Gasteiger partial charge in [0.1, 0.15) is 0 Å². The summed E-state index contributed by atoms with van der Waals surface area (Å²) in [6.45, 7) is 0. The van der Waals surface area contributed by atoms with Crippen molar-refractivity contribution in [1.29, 1.82) is 0 Å². The topological polar surface area (TPSA) is 37.3 Å². The first-order valence-corrected chi connectivity index (χ1v) is 6.23. The molecule has 0 atom stereocenters. The minimum atomic E-state index is -0.939. The normalized spacial score (nSPS) is 11.3. The predicted molar refractivity (Wildman–Crippen MR) is 76.1 cm³/mol. The van der Waals surface area contributed by atoms with Crippen LogP contribution in [0.5, 0.6) is 0 Å². The van der Waals surface area contributed by atoms with Crippen LogP contribution in [0.1, 0.15) is 11.1 Å². The Balaban J connectivity index is 2.51. The number of carboxylic acid groups (broad SMARTS) is 1. The molecule has 2 nitrogen and oxygen atoms in total. The molecule has 0 heterocycles. The van der Waals surface area contributed by atoms with E-state index in [4.69, 9.17) is 0 Å². The molecule has 18 heavy (non-hydrogen) atoms. The second-order valence-corrected chi connectivity index (χ2v) is 4.61. The van der Waals surface area contributed by atoms with Gasteiger partial charge in [-0.05, 0) is 17.7 Å². The highest BCUT2D eigenvalue weighted by Crippen LogP contribution is 2.26. The number of hydrogen-bond donors (Lipinski definition) is 1. The van der Waals surface area contributed by atoms with Gasteiger partial charge in [0.2, 0.25) is 0 Å². The van der Waals surface area contributed by atoms with E-state index in [1.165, 1.54) is 0 Å². The number of hydrogen-bond acceptors (Lipinski definition) is 1. The number of rotatable bonds is 3. The molecule has 3 heteroatoms. The second kappa shape index (κ2) is 5.65. The van der Waals surface area contributed by atoms with Crippen LogP contribution in [0.15, 0.2) is 59.1 Å². The van der Waals surface area contributed by atoms with Crippen molar-refractivity contribution in [2.75, 3.05) is 0 Å². The van der Waals surface area contributed by atoms with E-state index < -0.39 is 5.97 Å². The van der Waals surface area contributed by atoms with Crippen molar-refractivity contribution in [2.24, 2.45) is 0 Å². The molecule has 0 aromatic heterocycles. The Hall–Kier alpha value is -1.87. The van der Waals surface area contributed by atoms with E-state index >= 15 is 0 Å². The summed E-state index contributed by atoms with van der Waals surface area (Å²) in [5.41, 5.74) is 1.81. The maximum atomic E-state index is 11.4. The molecule has 0 unspecified atom stereocenters. The smallest absolute Gasteiger partial charge is 0.336 e. The molecule has 0 aliphatic carbocycles. The first-order chi connectivity index (χ1) is 8.68. The van der Waals surface area contributed by atoms with Crippen molar-refractivity contribution in [3.8, 4) is 0 Å². The highest BCUT2D eigenvalue weighted by molar-refractivity contribution is 9.10. The molecule has 0 spiro atoms. The quantitative estimate of drug-likeness (QED) is 0.685. The van der Waals surface area contributed by atoms with Crippen molar-refractivity contribution >= 4 is 33.5 Å². The standard InChI is InChI=1S/C15H11BrO2/c16-14-9-5-4-8-12(14)13(15(17)18)10-11-6-2-1-3-7-11/h1-10H,(H,17,18). The number of benzene rings is 2. The Bertz CT molecular complexity index is 588. The monoisotopic (exact) mass is 302 g/mol. The van der Waals surface area contributed by atoms with Gasteiger partial charge in [0.05, 0.1) is 5.57 Å². The van der Waals surface area contributed by atoms with Crippen LogP contribution >= 0.6 is 15.9 Å². The Morgan fingerprint density at radius 3 is 2.22 bits per heavy atom. The first-order valence-electron chi connectivity index (χ1n) is 5.43. The Kier molecular flexibility index (Phi) is 3.95. The molecule has 0 aliphatic heterocycles. The lowest BCUT2D eigenvalue weighted by Crippen LogP contribution is -2.00. The maximum absolute atomic E-state index is 11.4. The zero-order valence-corrected chi connectivity index (χ0v) is 11.1. The fourth-order valence-corrected chi connectivity index (χ4v) is 2.15. The summed E-state index contributed by atoms with van der Waals surface area (Å²) in [6, 6.07) is 16.7. The molecule has 2 rings (SSSR count). The van der Waals surface area contributed by atoms with Gasteiger partial charge in [-0.2, -0.15) is 0 Å². The van der Waals surface area contributed by atoms with E-state index in [1.807, 2.05) is 48.5 Å². The van der Waals surface area contributed by atoms with E-state index in [9.17, 15) is 9.90 Å². The van der Waals surface area contributed by atoms with Crippen LogP contribution in [0.2, 0.25) is 0 Å². The lowest BCUT2D eigenvalue weighted by atomic mass is 10.0. The average Bonchev–Trinajstić information content (AvgIpc) is 2.38. The van der Waals surface area contributed by atoms with E-state index in [2.05, 4.69) is 15.9 Å². The summed E-state index contributed by atoms with van der Waals surface area (Å²) in [6.07, 6.45) is 1.67. The van der Waals surface area contributed by atoms with Crippen molar-refractivity contribution in [3.05, 3.63) is 70.2 Å². The van der Waals surface area contributed by atoms with Crippen LogP contribution in [0.3, 0.4) is 0 Å². The fourth-order valence-electron chi connectivity index (χ4n) is 1.65. The molecule has 0 fully saturated rings. The van der Waals surface area contributed by atoms with E-state index in [0.29, 0.717) is 5.56 Å². The molecule has 1 N–H and O–H groups in total. The lowest BCUT2D eigenvalue weighted by Gasteiger charge is -2.05. The highest BCUT2D eigenvalue weighted by atomic mass is 79.9. The number of aliphatic carboxylic acids is 1. The molecule has 0 bridgehead atoms. The molecule has 2 aromatic carbocycles. The summed E-state index contributed by atoms with van der Waals surface area (Å²) in [4.78, 5) is 11.4. The van der Waals surface area contributed by atoms with Gasteiger partial charge in [0.25, 0.3) is 0 Å². The highest BCUT2D eigenvalue weighted by Gasteiger charge is 2.12. The molecule has 0 amide bonds. The van der Waals surface area contributed by atoms with Crippen LogP contribution in [-0.4, -0.2) is 11.1 Å². The van der Waals surface area contributed by atoms with Gasteiger partial charge in [-0.3, -0.25) is 0 Å². The van der Waals surface area contributed by atoms with Crippen LogP contribution in [0, 0.1) is 0 Å². The summed E-state index contributed by atoms with van der Waals surface area (Å²) >= 11 is 3.37. The van der Waals surface area contributed by atoms with Crippen molar-refractivity contribution in [2.45, 2.75) is 0 Å². The molecule has 90 valence electrons. The molecule has 0 aliphatic rings. The molecular formula is C15H11BrO2. The summed E-state index contributed by atoms with van der Waals surface area (Å²) in [5, 5.41) is 9.32. The van der Waals surface area contributed by atoms with Crippen LogP contribution in [-0.2, 0) is 4.79 Å². The van der Waals surface area contributed by atoms with Gasteiger partial charge in [0.15, 0.2) is 0 Å². The van der Waals surface area contributed by atoms with Gasteiger partial charge in [0, 0.05) is 10.0 Å². The Morgan fingerprint density at radius 2 is 1.61 bits per heavy atom. The second-order valence-electron chi connectivity index (χ2n) is 3.75. The molecule has 0 saturated carbocycles. The number of carbonyl (C=O) groups is 1. The van der Waals surface area contributed by atoms with Gasteiger partial charge in [-0.1, -0.05) is 64.5 Å². The van der Waals surface area contributed by atoms with Gasteiger partial charge in [-0.15, -0.1) is 0 Å². The maximum Gasteiger partial charge on any atom is 0.336 e. The molecule has 0 radical (unpaired) electrons. The number of carboxylic acids is 1. The molecule has 2 aromatic rings. The minimum absolute atomic E-state index is 0.272. The zero-order valence-electron chi connectivity index (χ0n) is 9.51. The van der Waals surface area contributed by atoms with Gasteiger partial charge >= 0.3 is 5.97 Å². The Morgan fingerprint density at radius 1 is 1.00 bits per heavy atom.